The van der Waals surface area contributed by atoms with Gasteiger partial charge in [0.15, 0.2) is 0 Å². The highest BCUT2D eigenvalue weighted by Crippen LogP contribution is 2.35. The van der Waals surface area contributed by atoms with Gasteiger partial charge in [0.2, 0.25) is 0 Å². The number of hydrogen-bond acceptors (Lipinski definition) is 1. The topological polar surface area (TPSA) is 20.3 Å². The van der Waals surface area contributed by atoms with E-state index in [1.54, 1.807) is 0 Å². The van der Waals surface area contributed by atoms with Crippen LogP contribution >= 0.6 is 11.6 Å². The van der Waals surface area contributed by atoms with E-state index in [9.17, 15) is 18.0 Å². The number of unbranched alkanes of at least 4 members (excludes halogenated alkanes) is 1. The average molecular weight is 256 g/mol. The minimum absolute atomic E-state index is 0.0842. The first kappa shape index (κ1) is 13.4. The lowest BCUT2D eigenvalue weighted by Crippen LogP contribution is -2.27. The van der Waals surface area contributed by atoms with Gasteiger partial charge in [-0.3, -0.25) is 4.79 Å². The molecule has 1 aliphatic heterocycles. The fourth-order valence-corrected chi connectivity index (χ4v) is 1.76. The highest BCUT2D eigenvalue weighted by Gasteiger charge is 2.40. The van der Waals surface area contributed by atoms with E-state index in [1.807, 2.05) is 6.92 Å². The third-order valence-electron chi connectivity index (χ3n) is 2.47. The van der Waals surface area contributed by atoms with Gasteiger partial charge in [0, 0.05) is 18.7 Å². The Labute approximate surface area is 97.0 Å². The van der Waals surface area contributed by atoms with Gasteiger partial charge in [-0.25, -0.2) is 0 Å². The molecule has 1 saturated heterocycles. The maximum absolute atomic E-state index is 12.3. The summed E-state index contributed by atoms with van der Waals surface area (Å²) in [6, 6.07) is 0. The zero-order valence-electron chi connectivity index (χ0n) is 8.90. The van der Waals surface area contributed by atoms with Crippen LogP contribution in [0.3, 0.4) is 0 Å². The Kier molecular flexibility index (Phi) is 4.24. The lowest BCUT2D eigenvalue weighted by molar-refractivity contribution is -0.125. The van der Waals surface area contributed by atoms with Crippen LogP contribution in [0.2, 0.25) is 0 Å². The fraction of sp³-hybridized carbons (Fsp3) is 0.700. The lowest BCUT2D eigenvalue weighted by Gasteiger charge is -2.14. The van der Waals surface area contributed by atoms with Gasteiger partial charge in [-0.15, -0.1) is 0 Å². The second-order valence-corrected chi connectivity index (χ2v) is 4.06. The predicted molar refractivity (Wildman–Crippen MR) is 55.0 cm³/mol. The first-order chi connectivity index (χ1) is 7.38. The van der Waals surface area contributed by atoms with Crippen molar-refractivity contribution in [3.8, 4) is 0 Å². The second-order valence-electron chi connectivity index (χ2n) is 3.69. The molecular weight excluding hydrogens is 243 g/mol. The van der Waals surface area contributed by atoms with Crippen molar-refractivity contribution >= 4 is 17.5 Å². The molecule has 1 rings (SSSR count). The predicted octanol–water partition coefficient (Wildman–Crippen LogP) is 3.07. The zero-order chi connectivity index (χ0) is 12.3. The molecule has 2 nitrogen and oxygen atoms in total. The van der Waals surface area contributed by atoms with Crippen molar-refractivity contribution in [3.63, 3.8) is 0 Å². The number of carbonyl (C=O) groups excluding carboxylic acids is 1. The summed E-state index contributed by atoms with van der Waals surface area (Å²) in [5, 5.41) is -1.27. The molecule has 0 aliphatic carbocycles. The molecule has 0 atom stereocenters. The Morgan fingerprint density at radius 2 is 2.12 bits per heavy atom. The number of carbonyl (C=O) groups is 1. The maximum atomic E-state index is 12.3. The van der Waals surface area contributed by atoms with Crippen molar-refractivity contribution in [1.29, 1.82) is 0 Å². The molecule has 0 aromatic rings. The van der Waals surface area contributed by atoms with E-state index in [0.29, 0.717) is 13.1 Å². The summed E-state index contributed by atoms with van der Waals surface area (Å²) in [7, 11) is 0. The van der Waals surface area contributed by atoms with Crippen LogP contribution in [0, 0.1) is 0 Å². The van der Waals surface area contributed by atoms with Gasteiger partial charge in [0.25, 0.3) is 5.91 Å². The number of allylic oxidation sites excluding steroid dienone is 1. The molecule has 0 N–H and O–H groups in total. The third kappa shape index (κ3) is 2.90. The number of likely N-dealkylation sites (tertiary alicyclic amines) is 1. The summed E-state index contributed by atoms with van der Waals surface area (Å²) < 4.78 is 36.9. The van der Waals surface area contributed by atoms with E-state index < -0.39 is 17.1 Å². The molecule has 0 unspecified atom stereocenters. The monoisotopic (exact) mass is 255 g/mol. The molecule has 1 heterocycles. The smallest absolute Gasteiger partial charge is 0.339 e. The Hall–Kier alpha value is -0.710. The fourth-order valence-electron chi connectivity index (χ4n) is 1.58. The molecule has 92 valence electrons. The lowest BCUT2D eigenvalue weighted by atomic mass is 10.2. The van der Waals surface area contributed by atoms with Gasteiger partial charge in [0.1, 0.15) is 5.03 Å². The molecule has 6 heteroatoms. The van der Waals surface area contributed by atoms with Gasteiger partial charge in [-0.2, -0.15) is 13.2 Å². The third-order valence-corrected chi connectivity index (χ3v) is 2.91. The highest BCUT2D eigenvalue weighted by molar-refractivity contribution is 6.32. The molecule has 0 saturated carbocycles. The van der Waals surface area contributed by atoms with Crippen LogP contribution in [0.25, 0.3) is 0 Å². The normalized spacial score (nSPS) is 20.6. The van der Waals surface area contributed by atoms with Crippen LogP contribution in [0.5, 0.6) is 0 Å². The Morgan fingerprint density at radius 1 is 1.50 bits per heavy atom. The Morgan fingerprint density at radius 3 is 2.62 bits per heavy atom. The van der Waals surface area contributed by atoms with Gasteiger partial charge in [0.05, 0.1) is 0 Å². The van der Waals surface area contributed by atoms with Crippen molar-refractivity contribution in [2.24, 2.45) is 0 Å². The molecule has 0 bridgehead atoms. The van der Waals surface area contributed by atoms with E-state index in [1.165, 1.54) is 4.90 Å². The summed E-state index contributed by atoms with van der Waals surface area (Å²) in [4.78, 5) is 13.0. The number of amides is 1. The first-order valence-electron chi connectivity index (χ1n) is 5.13. The molecule has 1 aliphatic rings. The molecule has 0 aromatic heterocycles. The van der Waals surface area contributed by atoms with E-state index >= 15 is 0 Å². The van der Waals surface area contributed by atoms with Crippen molar-refractivity contribution < 1.29 is 18.0 Å². The second kappa shape index (κ2) is 5.08. The number of hydrogen-bond donors (Lipinski definition) is 0. The zero-order valence-corrected chi connectivity index (χ0v) is 9.66. The van der Waals surface area contributed by atoms with Gasteiger partial charge >= 0.3 is 6.18 Å². The van der Waals surface area contributed by atoms with Crippen molar-refractivity contribution in [3.05, 3.63) is 10.6 Å². The van der Waals surface area contributed by atoms with E-state index in [-0.39, 0.29) is 12.0 Å². The van der Waals surface area contributed by atoms with Crippen LogP contribution < -0.4 is 0 Å². The van der Waals surface area contributed by atoms with E-state index in [4.69, 9.17) is 11.6 Å². The largest absolute Gasteiger partial charge is 0.427 e. The summed E-state index contributed by atoms with van der Waals surface area (Å²) in [6.45, 7) is 2.79. The average Bonchev–Trinajstić information content (AvgIpc) is 2.54. The molecule has 0 radical (unpaired) electrons. The number of rotatable bonds is 3. The maximum Gasteiger partial charge on any atom is 0.427 e. The van der Waals surface area contributed by atoms with Crippen molar-refractivity contribution in [2.75, 3.05) is 13.1 Å². The summed E-state index contributed by atoms with van der Waals surface area (Å²) in [5.74, 6) is -0.573. The minimum Gasteiger partial charge on any atom is -0.339 e. The number of alkyl halides is 3. The Bertz CT molecular complexity index is 312. The molecule has 16 heavy (non-hydrogen) atoms. The highest BCUT2D eigenvalue weighted by atomic mass is 35.5. The summed E-state index contributed by atoms with van der Waals surface area (Å²) >= 11 is 5.16. The van der Waals surface area contributed by atoms with Crippen LogP contribution in [0.15, 0.2) is 10.6 Å². The standard InChI is InChI=1S/C10H13ClF3NO/c1-2-3-5-15-6-4-7(9(15)16)8(11)10(12,13)14/h2-6H2,1H3/b8-7-. The van der Waals surface area contributed by atoms with Crippen molar-refractivity contribution in [2.45, 2.75) is 32.4 Å². The molecule has 0 spiro atoms. The van der Waals surface area contributed by atoms with Crippen molar-refractivity contribution in [1.82, 2.24) is 4.90 Å². The molecular formula is C10H13ClF3NO. The summed E-state index contributed by atoms with van der Waals surface area (Å²) in [6.07, 6.45) is -2.84. The van der Waals surface area contributed by atoms with Crippen LogP contribution in [-0.4, -0.2) is 30.1 Å². The van der Waals surface area contributed by atoms with Crippen LogP contribution in [0.4, 0.5) is 13.2 Å². The quantitative estimate of drug-likeness (QED) is 0.710. The molecule has 1 fully saturated rings. The summed E-state index contributed by atoms with van der Waals surface area (Å²) in [5.41, 5.74) is -0.301. The van der Waals surface area contributed by atoms with Gasteiger partial charge in [-0.1, -0.05) is 24.9 Å². The number of halogens is 4. The number of nitrogens with zero attached hydrogens (tertiary/aromatic N) is 1. The minimum atomic E-state index is -4.62. The van der Waals surface area contributed by atoms with E-state index in [0.717, 1.165) is 12.8 Å². The van der Waals surface area contributed by atoms with Crippen LogP contribution in [-0.2, 0) is 4.79 Å². The van der Waals surface area contributed by atoms with Gasteiger partial charge in [-0.05, 0) is 12.8 Å². The first-order valence-corrected chi connectivity index (χ1v) is 5.50. The van der Waals surface area contributed by atoms with Crippen LogP contribution in [0.1, 0.15) is 26.2 Å². The Balaban J connectivity index is 2.78. The molecule has 0 aromatic carbocycles. The molecule has 1 amide bonds. The SMILES string of the molecule is CCCCN1CC/C(=C(/Cl)C(F)(F)F)C1=O. The van der Waals surface area contributed by atoms with Gasteiger partial charge < -0.3 is 4.90 Å². The van der Waals surface area contributed by atoms with E-state index in [2.05, 4.69) is 0 Å².